The van der Waals surface area contributed by atoms with Crippen LogP contribution in [0, 0.1) is 29.1 Å². The van der Waals surface area contributed by atoms with Crippen molar-refractivity contribution in [2.75, 3.05) is 72.9 Å². The van der Waals surface area contributed by atoms with Crippen molar-refractivity contribution in [2.45, 2.75) is 109 Å². The predicted molar refractivity (Wildman–Crippen MR) is 266 cm³/mol. The van der Waals surface area contributed by atoms with E-state index in [1.54, 1.807) is 23.3 Å². The van der Waals surface area contributed by atoms with Gasteiger partial charge in [-0.25, -0.2) is 15.0 Å². The number of methoxy groups -OCH3 is 1. The number of carbonyl (C=O) groups excluding carboxylic acids is 3. The first-order chi connectivity index (χ1) is 34.9. The number of benzene rings is 1. The number of hydrazine groups is 1. The normalized spacial score (nSPS) is 26.6. The largest absolute Gasteiger partial charge is 0.465 e. The van der Waals surface area contributed by atoms with Crippen LogP contribution in [-0.4, -0.2) is 162 Å². The number of hydrogen-bond acceptors (Lipinski definition) is 13. The van der Waals surface area contributed by atoms with Gasteiger partial charge in [-0.05, 0) is 62.8 Å². The predicted octanol–water partition coefficient (Wildman–Crippen LogP) is 5.53. The zero-order chi connectivity index (χ0) is 51.3. The van der Waals surface area contributed by atoms with Crippen LogP contribution < -0.4 is 10.7 Å². The summed E-state index contributed by atoms with van der Waals surface area (Å²) in [5, 5.41) is 7.60. The number of pyridine rings is 1. The van der Waals surface area contributed by atoms with E-state index in [0.717, 1.165) is 13.1 Å². The van der Waals surface area contributed by atoms with E-state index in [4.69, 9.17) is 33.7 Å². The Kier molecular flexibility index (Phi) is 14.6. The summed E-state index contributed by atoms with van der Waals surface area (Å²) < 4.78 is 77.7. The molecule has 390 valence electrons. The van der Waals surface area contributed by atoms with Crippen molar-refractivity contribution in [3.05, 3.63) is 57.7 Å². The van der Waals surface area contributed by atoms with Crippen LogP contribution in [0.1, 0.15) is 81.8 Å². The van der Waals surface area contributed by atoms with E-state index in [-0.39, 0.29) is 49.3 Å². The molecule has 3 aromatic heterocycles. The number of esters is 1. The van der Waals surface area contributed by atoms with E-state index in [0.29, 0.717) is 120 Å². The van der Waals surface area contributed by atoms with E-state index in [1.807, 2.05) is 56.7 Å². The number of amides is 2. The lowest BCUT2D eigenvalue weighted by Crippen LogP contribution is -2.71. The quantitative estimate of drug-likeness (QED) is 0.136. The van der Waals surface area contributed by atoms with Crippen LogP contribution in [0.2, 0.25) is 0 Å². The number of nitrogens with zero attached hydrogens (tertiary/aromatic N) is 6. The third-order valence-electron chi connectivity index (χ3n) is 15.2. The summed E-state index contributed by atoms with van der Waals surface area (Å²) in [7, 11) is 1.54. The molecule has 16 nitrogen and oxygen atoms in total. The van der Waals surface area contributed by atoms with E-state index >= 15 is 18.0 Å². The van der Waals surface area contributed by atoms with Gasteiger partial charge in [0.1, 0.15) is 25.9 Å². The number of rotatable bonds is 7. The Morgan fingerprint density at radius 1 is 1.10 bits per heavy atom. The summed E-state index contributed by atoms with van der Waals surface area (Å²) in [5.41, 5.74) is 6.87. The molecule has 5 saturated heterocycles. The first kappa shape index (κ1) is 51.2. The number of carbonyl (C=O) groups is 3. The number of nitrogens with one attached hydrogen (secondary N) is 2. The molecule has 73 heavy (non-hydrogen) atoms. The highest BCUT2D eigenvalue weighted by atomic mass is 32.1. The Labute approximate surface area is 426 Å². The number of morpholine rings is 2. The van der Waals surface area contributed by atoms with Crippen LogP contribution >= 0.6 is 11.3 Å². The van der Waals surface area contributed by atoms with Crippen LogP contribution in [0.5, 0.6) is 0 Å². The van der Waals surface area contributed by atoms with Gasteiger partial charge in [0.25, 0.3) is 11.8 Å². The molecule has 11 rings (SSSR count). The first-order valence-electron chi connectivity index (χ1n) is 25.4. The van der Waals surface area contributed by atoms with Crippen molar-refractivity contribution in [2.24, 2.45) is 17.3 Å². The van der Waals surface area contributed by atoms with E-state index in [9.17, 15) is 9.59 Å². The molecular formula is C53H64F3N8O8S+. The van der Waals surface area contributed by atoms with Gasteiger partial charge in [-0.2, -0.15) is 13.2 Å². The fourth-order valence-corrected chi connectivity index (χ4v) is 11.9. The van der Waals surface area contributed by atoms with Crippen molar-refractivity contribution in [3.63, 3.8) is 0 Å². The number of ether oxygens (including phenoxy) is 5. The maximum absolute atomic E-state index is 15.2. The summed E-state index contributed by atoms with van der Waals surface area (Å²) in [6, 6.07) is 5.26. The number of alkyl halides is 3. The summed E-state index contributed by atoms with van der Waals surface area (Å²) >= 11 is 1.32. The molecule has 20 heteroatoms. The van der Waals surface area contributed by atoms with Crippen LogP contribution in [0.4, 0.5) is 13.2 Å². The van der Waals surface area contributed by atoms with Crippen molar-refractivity contribution in [1.82, 2.24) is 35.2 Å². The second kappa shape index (κ2) is 20.8. The SMILES string of the molecule is CO[C@@H](C)c1ncc(C#C[C@@H](C)N2CCOCC2)cc1-c1c2c3cc(ccc3n1CC(F)(F)F)-c1csc(n1)C(=[N+]1CCOCC1)[C@H](NC(=O)[C@H]1OC[C@@H]1C)C(=O)N1NC(CC(=O)OCC(C)(C)C2)C2CC1C2. The Morgan fingerprint density at radius 2 is 1.85 bits per heavy atom. The molecule has 6 fully saturated rings. The molecule has 7 aliphatic rings. The van der Waals surface area contributed by atoms with E-state index < -0.39 is 54.3 Å². The fraction of sp³-hybridized carbons (Fsp3) is 0.585. The molecule has 8 bridgehead atoms. The first-order valence-corrected chi connectivity index (χ1v) is 26.2. The molecule has 2 amide bonds. The van der Waals surface area contributed by atoms with E-state index in [2.05, 4.69) is 27.5 Å². The lowest BCUT2D eigenvalue weighted by atomic mass is 9.72. The number of thiazole rings is 1. The zero-order valence-electron chi connectivity index (χ0n) is 42.2. The minimum Gasteiger partial charge on any atom is -0.465 e. The summed E-state index contributed by atoms with van der Waals surface area (Å²) in [6.07, 6.45) is -2.85. The molecule has 1 saturated carbocycles. The molecule has 9 heterocycles. The Balaban J connectivity index is 1.16. The third kappa shape index (κ3) is 10.7. The molecule has 0 spiro atoms. The minimum atomic E-state index is -4.64. The third-order valence-corrected chi connectivity index (χ3v) is 16.1. The maximum Gasteiger partial charge on any atom is 0.406 e. The molecule has 6 aliphatic heterocycles. The molecule has 4 aromatic rings. The standard InChI is InChI=1S/C53H63F3N8O8S/c1-30-26-71-48(30)49(66)59-45-47(62-13-17-70-18-14-62)50-58-41(27-73-50)34-9-10-42-37(22-34)39(24-52(4,5)29-72-43(65)23-40-35-20-36(21-35)64(60-40)51(45)67)46(63(42)28-53(54,55)56)38-19-33(25-57-44(38)32(3)68-6)8-7-31(2)61-11-15-69-16-12-61/h9-10,19,22,25,27,30-32,35-36,40,45,48,60H,11-18,20-21,23-24,26,28-29H2,1-6H3/p+1/t30-,31+,32-,35?,36?,40?,45-,48-/m0/s1. The summed E-state index contributed by atoms with van der Waals surface area (Å²) in [5.74, 6) is 5.40. The second-order valence-electron chi connectivity index (χ2n) is 21.1. The molecule has 1 aliphatic carbocycles. The molecule has 6 atom stereocenters. The minimum absolute atomic E-state index is 0.0288. The molecule has 1 unspecified atom stereocenters. The zero-order valence-corrected chi connectivity index (χ0v) is 43.0. The highest BCUT2D eigenvalue weighted by molar-refractivity contribution is 7.12. The highest BCUT2D eigenvalue weighted by Gasteiger charge is 2.52. The van der Waals surface area contributed by atoms with Crippen LogP contribution in [-0.2, 0) is 51.0 Å². The average Bonchev–Trinajstić information content (AvgIpc) is 3.95. The van der Waals surface area contributed by atoms with E-state index in [1.165, 1.54) is 23.0 Å². The lowest BCUT2D eigenvalue weighted by molar-refractivity contribution is -0.550. The van der Waals surface area contributed by atoms with Crippen LogP contribution in [0.25, 0.3) is 33.4 Å². The van der Waals surface area contributed by atoms with Gasteiger partial charge in [0.05, 0.1) is 62.1 Å². The maximum atomic E-state index is 15.2. The smallest absolute Gasteiger partial charge is 0.406 e. The highest BCUT2D eigenvalue weighted by Crippen LogP contribution is 2.44. The molecule has 0 radical (unpaired) electrons. The van der Waals surface area contributed by atoms with Crippen LogP contribution in [0.15, 0.2) is 35.8 Å². The average molecular weight is 1030 g/mol. The fourth-order valence-electron chi connectivity index (χ4n) is 11.0. The van der Waals surface area contributed by atoms with Gasteiger partial charge < -0.3 is 33.6 Å². The molecule has 1 aromatic carbocycles. The van der Waals surface area contributed by atoms with Gasteiger partial charge >= 0.3 is 12.1 Å². The van der Waals surface area contributed by atoms with Gasteiger partial charge in [0.15, 0.2) is 24.1 Å². The number of cyclic esters (lactones) is 1. The number of aromatic nitrogens is 3. The summed E-state index contributed by atoms with van der Waals surface area (Å²) in [6.45, 7) is 13.0. The van der Waals surface area contributed by atoms with Gasteiger partial charge in [-0.3, -0.25) is 29.3 Å². The van der Waals surface area contributed by atoms with Crippen molar-refractivity contribution in [1.29, 1.82) is 0 Å². The Bertz CT molecular complexity index is 2850. The second-order valence-corrected chi connectivity index (χ2v) is 22.0. The van der Waals surface area contributed by atoms with Crippen molar-refractivity contribution >= 4 is 45.7 Å². The topological polar surface area (TPSA) is 162 Å². The van der Waals surface area contributed by atoms with Crippen molar-refractivity contribution < 1.29 is 55.8 Å². The number of halogens is 3. The monoisotopic (exact) mass is 1030 g/mol. The van der Waals surface area contributed by atoms with Gasteiger partial charge in [0, 0.05) is 82.8 Å². The lowest BCUT2D eigenvalue weighted by Gasteiger charge is -2.54. The van der Waals surface area contributed by atoms with Gasteiger partial charge in [-0.15, -0.1) is 11.3 Å². The molecular weight excluding hydrogens is 966 g/mol. The van der Waals surface area contributed by atoms with Crippen molar-refractivity contribution in [3.8, 4) is 34.4 Å². The van der Waals surface area contributed by atoms with Gasteiger partial charge in [0.2, 0.25) is 5.71 Å². The number of fused-ring (bicyclic) bond motifs is 4. The Morgan fingerprint density at radius 3 is 2.55 bits per heavy atom. The summed E-state index contributed by atoms with van der Waals surface area (Å²) in [4.78, 5) is 55.5. The number of hydrogen-bond donors (Lipinski definition) is 2. The van der Waals surface area contributed by atoms with Crippen LogP contribution in [0.3, 0.4) is 0 Å². The molecule has 2 N–H and O–H groups in total. The van der Waals surface area contributed by atoms with Gasteiger partial charge in [-0.1, -0.05) is 38.7 Å². The Hall–Kier alpha value is -5.27.